The summed E-state index contributed by atoms with van der Waals surface area (Å²) in [5, 5.41) is 3.56. The summed E-state index contributed by atoms with van der Waals surface area (Å²) in [5.41, 5.74) is 5.08. The molecule has 1 aliphatic carbocycles. The van der Waals surface area contributed by atoms with Crippen molar-refractivity contribution in [2.45, 2.75) is 46.2 Å². The summed E-state index contributed by atoms with van der Waals surface area (Å²) in [5.74, 6) is 1.04. The van der Waals surface area contributed by atoms with Crippen LogP contribution in [-0.4, -0.2) is 13.2 Å². The second-order valence-electron chi connectivity index (χ2n) is 4.86. The third kappa shape index (κ3) is 2.50. The van der Waals surface area contributed by atoms with Crippen molar-refractivity contribution in [3.8, 4) is 5.75 Å². The van der Waals surface area contributed by atoms with Crippen LogP contribution in [0.2, 0.25) is 0 Å². The maximum Gasteiger partial charge on any atom is 0.126 e. The van der Waals surface area contributed by atoms with Crippen molar-refractivity contribution in [3.63, 3.8) is 0 Å². The van der Waals surface area contributed by atoms with E-state index in [-0.39, 0.29) is 0 Å². The Bertz CT molecular complexity index is 439. The molecule has 0 aliphatic heterocycles. The molecule has 0 spiro atoms. The van der Waals surface area contributed by atoms with E-state index in [1.54, 1.807) is 7.11 Å². The third-order valence-corrected chi connectivity index (χ3v) is 4.83. The van der Waals surface area contributed by atoms with Crippen LogP contribution in [0, 0.1) is 20.8 Å². The van der Waals surface area contributed by atoms with Crippen molar-refractivity contribution in [3.05, 3.63) is 26.7 Å². The SMILES string of the molecule is COc1c(C)c(C)c(Br)c(C)c1CNC1CC1. The lowest BCUT2D eigenvalue weighted by atomic mass is 9.99. The first-order valence-electron chi connectivity index (χ1n) is 6.11. The largest absolute Gasteiger partial charge is 0.496 e. The zero-order valence-corrected chi connectivity index (χ0v) is 12.6. The first-order chi connectivity index (χ1) is 8.06. The van der Waals surface area contributed by atoms with Gasteiger partial charge >= 0.3 is 0 Å². The van der Waals surface area contributed by atoms with Crippen LogP contribution in [0.5, 0.6) is 5.75 Å². The maximum atomic E-state index is 5.58. The van der Waals surface area contributed by atoms with E-state index >= 15 is 0 Å². The van der Waals surface area contributed by atoms with Gasteiger partial charge in [-0.2, -0.15) is 0 Å². The predicted octanol–water partition coefficient (Wildman–Crippen LogP) is 3.63. The van der Waals surface area contributed by atoms with Crippen molar-refractivity contribution in [2.75, 3.05) is 7.11 Å². The van der Waals surface area contributed by atoms with E-state index in [0.29, 0.717) is 0 Å². The molecule has 3 heteroatoms. The van der Waals surface area contributed by atoms with Gasteiger partial charge in [0, 0.05) is 22.6 Å². The number of halogens is 1. The molecule has 0 radical (unpaired) electrons. The summed E-state index contributed by atoms with van der Waals surface area (Å²) in [4.78, 5) is 0. The highest BCUT2D eigenvalue weighted by Gasteiger charge is 2.22. The molecule has 1 fully saturated rings. The van der Waals surface area contributed by atoms with Gasteiger partial charge in [-0.1, -0.05) is 15.9 Å². The Hall–Kier alpha value is -0.540. The van der Waals surface area contributed by atoms with Crippen LogP contribution in [0.25, 0.3) is 0 Å². The normalized spacial score (nSPS) is 15.1. The molecule has 1 N–H and O–H groups in total. The average Bonchev–Trinajstić information content (AvgIpc) is 3.13. The zero-order valence-electron chi connectivity index (χ0n) is 11.0. The Kier molecular flexibility index (Phi) is 3.79. The van der Waals surface area contributed by atoms with E-state index in [2.05, 4.69) is 42.0 Å². The molecule has 2 rings (SSSR count). The fourth-order valence-corrected chi connectivity index (χ4v) is 2.70. The smallest absolute Gasteiger partial charge is 0.126 e. The highest BCUT2D eigenvalue weighted by molar-refractivity contribution is 9.10. The number of rotatable bonds is 4. The predicted molar refractivity (Wildman–Crippen MR) is 74.8 cm³/mol. The van der Waals surface area contributed by atoms with Crippen molar-refractivity contribution < 1.29 is 4.74 Å². The van der Waals surface area contributed by atoms with E-state index in [9.17, 15) is 0 Å². The molecular formula is C14H20BrNO. The Morgan fingerprint density at radius 2 is 1.82 bits per heavy atom. The van der Waals surface area contributed by atoms with E-state index in [0.717, 1.165) is 18.3 Å². The molecule has 0 bridgehead atoms. The Morgan fingerprint density at radius 1 is 1.18 bits per heavy atom. The number of hydrogen-bond donors (Lipinski definition) is 1. The molecule has 1 aromatic rings. The topological polar surface area (TPSA) is 21.3 Å². The highest BCUT2D eigenvalue weighted by Crippen LogP contribution is 2.36. The standard InChI is InChI=1S/C14H20BrNO/c1-8-9(2)14(17-4)12(10(3)13(8)15)7-16-11-5-6-11/h11,16H,5-7H2,1-4H3. The Labute approximate surface area is 112 Å². The van der Waals surface area contributed by atoms with Crippen LogP contribution in [0.3, 0.4) is 0 Å². The number of hydrogen-bond acceptors (Lipinski definition) is 2. The van der Waals surface area contributed by atoms with Crippen LogP contribution in [0.4, 0.5) is 0 Å². The van der Waals surface area contributed by atoms with Crippen molar-refractivity contribution in [1.82, 2.24) is 5.32 Å². The molecule has 0 atom stereocenters. The Morgan fingerprint density at radius 3 is 2.35 bits per heavy atom. The molecule has 0 amide bonds. The lowest BCUT2D eigenvalue weighted by Crippen LogP contribution is -2.17. The summed E-state index contributed by atoms with van der Waals surface area (Å²) in [7, 11) is 1.76. The van der Waals surface area contributed by atoms with Gasteiger partial charge in [0.2, 0.25) is 0 Å². The summed E-state index contributed by atoms with van der Waals surface area (Å²) in [6.07, 6.45) is 2.63. The minimum atomic E-state index is 0.722. The molecule has 1 saturated carbocycles. The van der Waals surface area contributed by atoms with E-state index in [4.69, 9.17) is 4.74 Å². The fraction of sp³-hybridized carbons (Fsp3) is 0.571. The third-order valence-electron chi connectivity index (χ3n) is 3.64. The van der Waals surface area contributed by atoms with Crippen LogP contribution >= 0.6 is 15.9 Å². The summed E-state index contributed by atoms with van der Waals surface area (Å²) in [6.45, 7) is 7.31. The molecule has 0 unspecified atom stereocenters. The maximum absolute atomic E-state index is 5.58. The highest BCUT2D eigenvalue weighted by atomic mass is 79.9. The first-order valence-corrected chi connectivity index (χ1v) is 6.91. The second-order valence-corrected chi connectivity index (χ2v) is 5.65. The van der Waals surface area contributed by atoms with Crippen LogP contribution in [0.15, 0.2) is 4.47 Å². The number of methoxy groups -OCH3 is 1. The lowest BCUT2D eigenvalue weighted by Gasteiger charge is -2.19. The van der Waals surface area contributed by atoms with E-state index < -0.39 is 0 Å². The summed E-state index contributed by atoms with van der Waals surface area (Å²) < 4.78 is 6.80. The van der Waals surface area contributed by atoms with Gasteiger partial charge in [0.05, 0.1) is 7.11 Å². The fourth-order valence-electron chi connectivity index (χ4n) is 2.17. The molecule has 0 aromatic heterocycles. The van der Waals surface area contributed by atoms with E-state index in [1.165, 1.54) is 39.6 Å². The monoisotopic (exact) mass is 297 g/mol. The minimum absolute atomic E-state index is 0.722. The molecule has 94 valence electrons. The summed E-state index contributed by atoms with van der Waals surface area (Å²) >= 11 is 3.68. The van der Waals surface area contributed by atoms with Gasteiger partial charge in [0.15, 0.2) is 0 Å². The average molecular weight is 298 g/mol. The zero-order chi connectivity index (χ0) is 12.6. The van der Waals surface area contributed by atoms with Gasteiger partial charge in [0.1, 0.15) is 5.75 Å². The molecule has 17 heavy (non-hydrogen) atoms. The first kappa shape index (κ1) is 12.9. The van der Waals surface area contributed by atoms with Crippen LogP contribution in [-0.2, 0) is 6.54 Å². The summed E-state index contributed by atoms with van der Waals surface area (Å²) in [6, 6.07) is 0.722. The lowest BCUT2D eigenvalue weighted by molar-refractivity contribution is 0.403. The van der Waals surface area contributed by atoms with Gasteiger partial charge in [-0.15, -0.1) is 0 Å². The quantitative estimate of drug-likeness (QED) is 0.916. The van der Waals surface area contributed by atoms with Crippen molar-refractivity contribution in [1.29, 1.82) is 0 Å². The van der Waals surface area contributed by atoms with Crippen LogP contribution < -0.4 is 10.1 Å². The van der Waals surface area contributed by atoms with Crippen molar-refractivity contribution >= 4 is 15.9 Å². The van der Waals surface area contributed by atoms with E-state index in [1.807, 2.05) is 0 Å². The number of benzene rings is 1. The van der Waals surface area contributed by atoms with Gasteiger partial charge in [0.25, 0.3) is 0 Å². The Balaban J connectivity index is 2.38. The molecular weight excluding hydrogens is 278 g/mol. The molecule has 0 saturated heterocycles. The van der Waals surface area contributed by atoms with Crippen LogP contribution in [0.1, 0.15) is 35.1 Å². The number of nitrogens with one attached hydrogen (secondary N) is 1. The molecule has 2 nitrogen and oxygen atoms in total. The minimum Gasteiger partial charge on any atom is -0.496 e. The number of ether oxygens (including phenoxy) is 1. The van der Waals surface area contributed by atoms with Crippen molar-refractivity contribution in [2.24, 2.45) is 0 Å². The molecule has 1 aromatic carbocycles. The molecule has 1 aliphatic rings. The molecule has 0 heterocycles. The van der Waals surface area contributed by atoms with Gasteiger partial charge in [-0.05, 0) is 50.3 Å². The second kappa shape index (κ2) is 4.99. The van der Waals surface area contributed by atoms with Gasteiger partial charge in [-0.3, -0.25) is 0 Å². The van der Waals surface area contributed by atoms with Gasteiger partial charge < -0.3 is 10.1 Å². The van der Waals surface area contributed by atoms with Gasteiger partial charge in [-0.25, -0.2) is 0 Å².